The summed E-state index contributed by atoms with van der Waals surface area (Å²) in [6.45, 7) is 8.84. The van der Waals surface area contributed by atoms with Gasteiger partial charge in [-0.1, -0.05) is 79.6 Å². The minimum atomic E-state index is -1.26. The number of hydrogen-bond acceptors (Lipinski definition) is 5. The molecular weight excluding hydrogens is 462 g/mol. The first-order valence-corrected chi connectivity index (χ1v) is 13.1. The molecule has 1 heterocycles. The third-order valence-corrected chi connectivity index (χ3v) is 8.08. The standard InChI is InChI=1S/C32H35NO4/c1-6-7-17-33-31-27-22(4)18-21(3)19-25(27)37-32(31,24-15-13-20(2)14-16-24)28(23-11-9-8-10-12-23)26(29(31)34)30(35)36-5/h8-16,18-19,26,28,33H,6-7,17H2,1-5H3/t26-,28-,31+,32+/m1/s1. The fourth-order valence-corrected chi connectivity index (χ4v) is 6.62. The van der Waals surface area contributed by atoms with Crippen molar-refractivity contribution in [1.29, 1.82) is 0 Å². The van der Waals surface area contributed by atoms with Crippen LogP contribution >= 0.6 is 0 Å². The summed E-state index contributed by atoms with van der Waals surface area (Å²) in [5, 5.41) is 3.70. The van der Waals surface area contributed by atoms with Gasteiger partial charge in [0.25, 0.3) is 0 Å². The maximum Gasteiger partial charge on any atom is 0.317 e. The summed E-state index contributed by atoms with van der Waals surface area (Å²) < 4.78 is 12.4. The first kappa shape index (κ1) is 25.2. The highest BCUT2D eigenvalue weighted by atomic mass is 16.5. The molecule has 37 heavy (non-hydrogen) atoms. The molecule has 4 atom stereocenters. The number of benzene rings is 3. The summed E-state index contributed by atoms with van der Waals surface area (Å²) in [6, 6.07) is 22.1. The van der Waals surface area contributed by atoms with E-state index in [2.05, 4.69) is 18.3 Å². The van der Waals surface area contributed by atoms with Gasteiger partial charge in [-0.25, -0.2) is 0 Å². The third-order valence-electron chi connectivity index (χ3n) is 8.08. The number of ketones is 1. The number of carbonyl (C=O) groups is 2. The van der Waals surface area contributed by atoms with Crippen LogP contribution in [0.5, 0.6) is 5.75 Å². The highest BCUT2D eigenvalue weighted by Crippen LogP contribution is 2.67. The van der Waals surface area contributed by atoms with Crippen molar-refractivity contribution in [1.82, 2.24) is 5.32 Å². The molecule has 0 radical (unpaired) electrons. The molecule has 1 aliphatic heterocycles. The summed E-state index contributed by atoms with van der Waals surface area (Å²) in [5.74, 6) is -1.67. The number of nitrogens with one attached hydrogen (secondary N) is 1. The van der Waals surface area contributed by atoms with Gasteiger partial charge in [0, 0.05) is 5.56 Å². The Kier molecular flexibility index (Phi) is 6.45. The van der Waals surface area contributed by atoms with Crippen molar-refractivity contribution in [3.8, 4) is 5.75 Å². The molecule has 1 aliphatic carbocycles. The van der Waals surface area contributed by atoms with Crippen molar-refractivity contribution in [3.05, 3.63) is 100 Å². The van der Waals surface area contributed by atoms with Crippen LogP contribution in [0.4, 0.5) is 0 Å². The van der Waals surface area contributed by atoms with Gasteiger partial charge in [-0.05, 0) is 62.1 Å². The van der Waals surface area contributed by atoms with E-state index in [0.717, 1.165) is 46.2 Å². The van der Waals surface area contributed by atoms with Crippen molar-refractivity contribution in [2.75, 3.05) is 13.7 Å². The molecule has 0 bridgehead atoms. The Bertz CT molecular complexity index is 1330. The SMILES string of the molecule is CCCCN[C@@]12C(=O)[C@H](C(=O)OC)[C@@H](c3ccccc3)[C@]1(c1ccc(C)cc1)Oc1cc(C)cc(C)c12. The van der Waals surface area contributed by atoms with Crippen LogP contribution in [0.25, 0.3) is 0 Å². The monoisotopic (exact) mass is 497 g/mol. The zero-order chi connectivity index (χ0) is 26.4. The zero-order valence-corrected chi connectivity index (χ0v) is 22.3. The van der Waals surface area contributed by atoms with Crippen molar-refractivity contribution < 1.29 is 19.1 Å². The van der Waals surface area contributed by atoms with Crippen LogP contribution in [-0.4, -0.2) is 25.4 Å². The van der Waals surface area contributed by atoms with Gasteiger partial charge in [0.05, 0.1) is 13.0 Å². The van der Waals surface area contributed by atoms with Gasteiger partial charge in [-0.2, -0.15) is 0 Å². The summed E-state index contributed by atoms with van der Waals surface area (Å²) in [6.07, 6.45) is 1.86. The molecule has 5 heteroatoms. The van der Waals surface area contributed by atoms with Gasteiger partial charge < -0.3 is 9.47 Å². The van der Waals surface area contributed by atoms with E-state index < -0.39 is 28.9 Å². The number of unbranched alkanes of at least 4 members (excludes halogenated alkanes) is 1. The minimum absolute atomic E-state index is 0.199. The fourth-order valence-electron chi connectivity index (χ4n) is 6.62. The number of carbonyl (C=O) groups excluding carboxylic acids is 2. The lowest BCUT2D eigenvalue weighted by molar-refractivity contribution is -0.149. The fraction of sp³-hybridized carbons (Fsp3) is 0.375. The predicted molar refractivity (Wildman–Crippen MR) is 144 cm³/mol. The molecule has 5 rings (SSSR count). The van der Waals surface area contributed by atoms with Gasteiger partial charge in [0.15, 0.2) is 16.9 Å². The number of fused-ring (bicyclic) bond motifs is 3. The van der Waals surface area contributed by atoms with E-state index in [-0.39, 0.29) is 5.78 Å². The lowest BCUT2D eigenvalue weighted by Gasteiger charge is -2.43. The third kappa shape index (κ3) is 3.55. The topological polar surface area (TPSA) is 64.6 Å². The van der Waals surface area contributed by atoms with E-state index in [0.29, 0.717) is 12.3 Å². The molecule has 1 N–H and O–H groups in total. The van der Waals surface area contributed by atoms with Gasteiger partial charge in [0.1, 0.15) is 11.7 Å². The van der Waals surface area contributed by atoms with Gasteiger partial charge in [-0.3, -0.25) is 14.9 Å². The van der Waals surface area contributed by atoms with E-state index in [1.54, 1.807) is 0 Å². The lowest BCUT2D eigenvalue weighted by Crippen LogP contribution is -2.59. The Morgan fingerprint density at radius 2 is 1.70 bits per heavy atom. The molecule has 0 saturated heterocycles. The molecule has 0 unspecified atom stereocenters. The largest absolute Gasteiger partial charge is 0.479 e. The van der Waals surface area contributed by atoms with Crippen LogP contribution in [0.1, 0.15) is 59.1 Å². The summed E-state index contributed by atoms with van der Waals surface area (Å²) in [5.41, 5.74) is 3.25. The van der Waals surface area contributed by atoms with Crippen molar-refractivity contribution in [2.45, 2.75) is 57.6 Å². The average Bonchev–Trinajstić information content (AvgIpc) is 3.29. The number of hydrogen-bond donors (Lipinski definition) is 1. The predicted octanol–water partition coefficient (Wildman–Crippen LogP) is 5.64. The second-order valence-corrected chi connectivity index (χ2v) is 10.4. The van der Waals surface area contributed by atoms with Crippen LogP contribution in [0.2, 0.25) is 0 Å². The van der Waals surface area contributed by atoms with Gasteiger partial charge >= 0.3 is 5.97 Å². The Morgan fingerprint density at radius 1 is 1.00 bits per heavy atom. The quantitative estimate of drug-likeness (QED) is 0.260. The normalized spacial score (nSPS) is 25.9. The van der Waals surface area contributed by atoms with Crippen molar-refractivity contribution in [2.24, 2.45) is 5.92 Å². The van der Waals surface area contributed by atoms with E-state index in [1.165, 1.54) is 7.11 Å². The van der Waals surface area contributed by atoms with Crippen LogP contribution in [-0.2, 0) is 25.5 Å². The Hall–Kier alpha value is -3.44. The first-order valence-electron chi connectivity index (χ1n) is 13.1. The molecule has 1 saturated carbocycles. The van der Waals surface area contributed by atoms with Crippen LogP contribution in [0.15, 0.2) is 66.7 Å². The lowest BCUT2D eigenvalue weighted by atomic mass is 9.68. The summed E-state index contributed by atoms with van der Waals surface area (Å²) in [7, 11) is 1.35. The summed E-state index contributed by atoms with van der Waals surface area (Å²) in [4.78, 5) is 28.4. The second-order valence-electron chi connectivity index (χ2n) is 10.4. The van der Waals surface area contributed by atoms with Gasteiger partial charge in [-0.15, -0.1) is 0 Å². The second kappa shape index (κ2) is 9.46. The number of rotatable bonds is 7. The molecule has 2 aliphatic rings. The van der Waals surface area contributed by atoms with Crippen molar-refractivity contribution in [3.63, 3.8) is 0 Å². The van der Waals surface area contributed by atoms with Gasteiger partial charge in [0.2, 0.25) is 0 Å². The molecule has 3 aromatic rings. The van der Waals surface area contributed by atoms with E-state index >= 15 is 0 Å². The molecule has 3 aromatic carbocycles. The molecule has 0 amide bonds. The number of esters is 1. The van der Waals surface area contributed by atoms with Crippen LogP contribution in [0.3, 0.4) is 0 Å². The highest BCUT2D eigenvalue weighted by molar-refractivity contribution is 6.10. The minimum Gasteiger partial charge on any atom is -0.479 e. The van der Waals surface area contributed by atoms with Crippen LogP contribution in [0, 0.1) is 26.7 Å². The van der Waals surface area contributed by atoms with Crippen LogP contribution < -0.4 is 10.1 Å². The van der Waals surface area contributed by atoms with E-state index in [1.807, 2.05) is 81.4 Å². The van der Waals surface area contributed by atoms with E-state index in [9.17, 15) is 9.59 Å². The molecule has 1 fully saturated rings. The smallest absolute Gasteiger partial charge is 0.317 e. The highest BCUT2D eigenvalue weighted by Gasteiger charge is 2.78. The maximum atomic E-state index is 14.9. The van der Waals surface area contributed by atoms with Crippen molar-refractivity contribution >= 4 is 11.8 Å². The Morgan fingerprint density at radius 3 is 2.35 bits per heavy atom. The van der Waals surface area contributed by atoms with E-state index in [4.69, 9.17) is 9.47 Å². The zero-order valence-electron chi connectivity index (χ0n) is 22.3. The number of ether oxygens (including phenoxy) is 2. The molecule has 0 aromatic heterocycles. The Labute approximate surface area is 219 Å². The first-order chi connectivity index (χ1) is 17.8. The summed E-state index contributed by atoms with van der Waals surface area (Å²) >= 11 is 0. The molecule has 0 spiro atoms. The molecular formula is C32H35NO4. The molecule has 5 nitrogen and oxygen atoms in total. The Balaban J connectivity index is 1.91. The average molecular weight is 498 g/mol. The number of Topliss-reactive ketones (excluding diaryl/α,β-unsaturated/α-hetero) is 1. The number of aryl methyl sites for hydroxylation is 3. The molecule has 192 valence electrons. The number of methoxy groups -OCH3 is 1. The maximum absolute atomic E-state index is 14.9.